The van der Waals surface area contributed by atoms with Crippen molar-refractivity contribution in [1.29, 1.82) is 0 Å². The van der Waals surface area contributed by atoms with Crippen LogP contribution in [-0.4, -0.2) is 30.7 Å². The first kappa shape index (κ1) is 23.1. The standard InChI is InChI=1S/C21H25F3N4O2/c1-20(2,3)27-18(29)25-12-13-28(17-10-5-4-6-11-17)19(30)26-16-9-7-8-15(14-16)21(22,23)24/h4-11,14H,12-13H2,1-3H3,(H,26,30)(H2,25,27,29). The van der Waals surface area contributed by atoms with Crippen molar-refractivity contribution in [2.24, 2.45) is 0 Å². The maximum atomic E-state index is 12.9. The Hall–Kier alpha value is -3.23. The summed E-state index contributed by atoms with van der Waals surface area (Å²) in [6, 6.07) is 12.1. The Morgan fingerprint density at radius 3 is 2.23 bits per heavy atom. The summed E-state index contributed by atoms with van der Waals surface area (Å²) in [6.45, 7) is 5.78. The lowest BCUT2D eigenvalue weighted by Crippen LogP contribution is -2.48. The van der Waals surface area contributed by atoms with Crippen molar-refractivity contribution < 1.29 is 22.8 Å². The molecule has 6 nitrogen and oxygen atoms in total. The third-order valence-corrected chi connectivity index (χ3v) is 3.86. The van der Waals surface area contributed by atoms with E-state index in [4.69, 9.17) is 0 Å². The van der Waals surface area contributed by atoms with Crippen molar-refractivity contribution in [3.05, 3.63) is 60.2 Å². The lowest BCUT2D eigenvalue weighted by molar-refractivity contribution is -0.137. The zero-order valence-electron chi connectivity index (χ0n) is 17.0. The number of carbonyl (C=O) groups is 2. The van der Waals surface area contributed by atoms with E-state index in [0.717, 1.165) is 12.1 Å². The van der Waals surface area contributed by atoms with E-state index in [1.54, 1.807) is 30.3 Å². The summed E-state index contributed by atoms with van der Waals surface area (Å²) in [5, 5.41) is 7.90. The number of carbonyl (C=O) groups excluding carboxylic acids is 2. The van der Waals surface area contributed by atoms with Crippen LogP contribution in [-0.2, 0) is 6.18 Å². The number of nitrogens with zero attached hydrogens (tertiary/aromatic N) is 1. The quantitative estimate of drug-likeness (QED) is 0.645. The number of amides is 4. The van der Waals surface area contributed by atoms with Gasteiger partial charge in [0.15, 0.2) is 0 Å². The fraction of sp³-hybridized carbons (Fsp3) is 0.333. The van der Waals surface area contributed by atoms with Crippen LogP contribution in [0.5, 0.6) is 0 Å². The number of urea groups is 2. The van der Waals surface area contributed by atoms with Crippen LogP contribution >= 0.6 is 0 Å². The van der Waals surface area contributed by atoms with Gasteiger partial charge in [0.1, 0.15) is 0 Å². The third-order valence-electron chi connectivity index (χ3n) is 3.86. The number of nitrogens with one attached hydrogen (secondary N) is 3. The van der Waals surface area contributed by atoms with Gasteiger partial charge in [-0.25, -0.2) is 9.59 Å². The van der Waals surface area contributed by atoms with Gasteiger partial charge in [-0.05, 0) is 51.1 Å². The van der Waals surface area contributed by atoms with Gasteiger partial charge >= 0.3 is 18.2 Å². The van der Waals surface area contributed by atoms with E-state index >= 15 is 0 Å². The summed E-state index contributed by atoms with van der Waals surface area (Å²) in [6.07, 6.45) is -4.51. The Balaban J connectivity index is 2.10. The first-order valence-electron chi connectivity index (χ1n) is 9.32. The Morgan fingerprint density at radius 1 is 0.967 bits per heavy atom. The number of benzene rings is 2. The van der Waals surface area contributed by atoms with Crippen molar-refractivity contribution in [2.75, 3.05) is 23.3 Å². The highest BCUT2D eigenvalue weighted by Gasteiger charge is 2.30. The molecule has 0 saturated carbocycles. The summed E-state index contributed by atoms with van der Waals surface area (Å²) < 4.78 is 38.8. The van der Waals surface area contributed by atoms with Crippen LogP contribution in [0.2, 0.25) is 0 Å². The van der Waals surface area contributed by atoms with E-state index in [1.165, 1.54) is 17.0 Å². The fourth-order valence-corrected chi connectivity index (χ4v) is 2.59. The molecule has 3 N–H and O–H groups in total. The smallest absolute Gasteiger partial charge is 0.336 e. The summed E-state index contributed by atoms with van der Waals surface area (Å²) >= 11 is 0. The topological polar surface area (TPSA) is 73.5 Å². The van der Waals surface area contributed by atoms with Gasteiger partial charge in [0.25, 0.3) is 0 Å². The van der Waals surface area contributed by atoms with Gasteiger partial charge in [0.2, 0.25) is 0 Å². The Kier molecular flexibility index (Phi) is 7.31. The van der Waals surface area contributed by atoms with Crippen LogP contribution in [0.25, 0.3) is 0 Å². The predicted octanol–water partition coefficient (Wildman–Crippen LogP) is 4.84. The minimum Gasteiger partial charge on any atom is -0.336 e. The van der Waals surface area contributed by atoms with Crippen LogP contribution in [0.3, 0.4) is 0 Å². The molecule has 0 fully saturated rings. The second kappa shape index (κ2) is 9.51. The Labute approximate surface area is 173 Å². The molecule has 0 bridgehead atoms. The molecule has 0 spiro atoms. The Morgan fingerprint density at radius 2 is 1.63 bits per heavy atom. The van der Waals surface area contributed by atoms with Crippen LogP contribution in [0, 0.1) is 0 Å². The van der Waals surface area contributed by atoms with Gasteiger partial charge in [0.05, 0.1) is 5.56 Å². The van der Waals surface area contributed by atoms with Gasteiger partial charge < -0.3 is 16.0 Å². The Bertz CT molecular complexity index is 865. The lowest BCUT2D eigenvalue weighted by atomic mass is 10.1. The number of hydrogen-bond acceptors (Lipinski definition) is 2. The second-order valence-corrected chi connectivity index (χ2v) is 7.63. The van der Waals surface area contributed by atoms with Crippen molar-refractivity contribution in [1.82, 2.24) is 10.6 Å². The SMILES string of the molecule is CC(C)(C)NC(=O)NCCN(C(=O)Nc1cccc(C(F)(F)F)c1)c1ccccc1. The monoisotopic (exact) mass is 422 g/mol. The minimum atomic E-state index is -4.51. The first-order valence-corrected chi connectivity index (χ1v) is 9.32. The number of anilines is 2. The van der Waals surface area contributed by atoms with E-state index in [-0.39, 0.29) is 24.8 Å². The van der Waals surface area contributed by atoms with Gasteiger partial charge in [-0.2, -0.15) is 13.2 Å². The van der Waals surface area contributed by atoms with E-state index in [9.17, 15) is 22.8 Å². The summed E-state index contributed by atoms with van der Waals surface area (Å²) in [5.74, 6) is 0. The third kappa shape index (κ3) is 7.31. The molecule has 0 heterocycles. The highest BCUT2D eigenvalue weighted by molar-refractivity contribution is 6.01. The zero-order valence-corrected chi connectivity index (χ0v) is 17.0. The van der Waals surface area contributed by atoms with Gasteiger partial charge in [-0.1, -0.05) is 24.3 Å². The fourth-order valence-electron chi connectivity index (χ4n) is 2.59. The van der Waals surface area contributed by atoms with Crippen LogP contribution in [0.4, 0.5) is 34.1 Å². The normalized spacial score (nSPS) is 11.5. The molecule has 0 radical (unpaired) electrons. The highest BCUT2D eigenvalue weighted by Crippen LogP contribution is 2.30. The molecular formula is C21H25F3N4O2. The number of halogens is 3. The van der Waals surface area contributed by atoms with Crippen molar-refractivity contribution in [3.8, 4) is 0 Å². The molecule has 2 aromatic rings. The molecule has 2 rings (SSSR count). The second-order valence-electron chi connectivity index (χ2n) is 7.63. The van der Waals surface area contributed by atoms with E-state index in [1.807, 2.05) is 20.8 Å². The molecule has 162 valence electrons. The summed E-state index contributed by atoms with van der Waals surface area (Å²) in [4.78, 5) is 26.0. The maximum Gasteiger partial charge on any atom is 0.416 e. The average molecular weight is 422 g/mol. The van der Waals surface area contributed by atoms with Gasteiger partial charge in [-0.3, -0.25) is 4.90 Å². The molecule has 2 aromatic carbocycles. The highest BCUT2D eigenvalue weighted by atomic mass is 19.4. The van der Waals surface area contributed by atoms with Crippen LogP contribution in [0.1, 0.15) is 26.3 Å². The van der Waals surface area contributed by atoms with E-state index < -0.39 is 23.3 Å². The molecule has 0 aliphatic rings. The minimum absolute atomic E-state index is 0.0224. The number of para-hydroxylation sites is 1. The van der Waals surface area contributed by atoms with Crippen molar-refractivity contribution in [3.63, 3.8) is 0 Å². The summed E-state index contributed by atoms with van der Waals surface area (Å²) in [7, 11) is 0. The molecular weight excluding hydrogens is 397 g/mol. The van der Waals surface area contributed by atoms with Gasteiger partial charge in [-0.15, -0.1) is 0 Å². The molecule has 0 aliphatic heterocycles. The average Bonchev–Trinajstić information content (AvgIpc) is 2.64. The van der Waals surface area contributed by atoms with Crippen LogP contribution < -0.4 is 20.9 Å². The number of hydrogen-bond donors (Lipinski definition) is 3. The number of alkyl halides is 3. The molecule has 4 amide bonds. The van der Waals surface area contributed by atoms with E-state index in [0.29, 0.717) is 5.69 Å². The van der Waals surface area contributed by atoms with Crippen molar-refractivity contribution >= 4 is 23.4 Å². The first-order chi connectivity index (χ1) is 14.0. The molecule has 30 heavy (non-hydrogen) atoms. The number of rotatable bonds is 5. The van der Waals surface area contributed by atoms with E-state index in [2.05, 4.69) is 16.0 Å². The van der Waals surface area contributed by atoms with Gasteiger partial charge in [0, 0.05) is 30.0 Å². The molecule has 9 heteroatoms. The predicted molar refractivity (Wildman–Crippen MR) is 111 cm³/mol. The molecule has 0 atom stereocenters. The molecule has 0 unspecified atom stereocenters. The molecule has 0 aromatic heterocycles. The zero-order chi connectivity index (χ0) is 22.4. The molecule has 0 aliphatic carbocycles. The largest absolute Gasteiger partial charge is 0.416 e. The molecule has 0 saturated heterocycles. The lowest BCUT2D eigenvalue weighted by Gasteiger charge is -2.25. The summed E-state index contributed by atoms with van der Waals surface area (Å²) in [5.41, 5.74) is -0.703. The maximum absolute atomic E-state index is 12.9. The van der Waals surface area contributed by atoms with Crippen LogP contribution in [0.15, 0.2) is 54.6 Å². The van der Waals surface area contributed by atoms with Crippen molar-refractivity contribution in [2.45, 2.75) is 32.5 Å².